The molecule has 2 N–H and O–H groups in total. The number of benzene rings is 2. The van der Waals surface area contributed by atoms with Crippen LogP contribution < -0.4 is 0 Å². The summed E-state index contributed by atoms with van der Waals surface area (Å²) in [5.74, 6) is 0. The molecule has 8 heteroatoms. The Hall–Kier alpha value is -0.820. The van der Waals surface area contributed by atoms with Gasteiger partial charge in [0.05, 0.1) is 14.9 Å². The van der Waals surface area contributed by atoms with Crippen LogP contribution >= 0.6 is 34.8 Å². The maximum Gasteiger partial charge on any atom is 0.294 e. The monoisotopic (exact) mass is 366 g/mol. The molecule has 0 aromatic heterocycles. The summed E-state index contributed by atoms with van der Waals surface area (Å²) < 4.78 is 31.3. The van der Waals surface area contributed by atoms with E-state index < -0.39 is 16.2 Å². The average Bonchev–Trinajstić information content (AvgIpc) is 2.42. The molecule has 2 aromatic carbocycles. The number of aliphatic hydroxyl groups is 1. The Kier molecular flexibility index (Phi) is 4.82. The molecule has 0 radical (unpaired) electrons. The summed E-state index contributed by atoms with van der Waals surface area (Å²) in [5, 5.41) is 10.8. The minimum absolute atomic E-state index is 0.0777. The van der Waals surface area contributed by atoms with Gasteiger partial charge < -0.3 is 5.11 Å². The van der Waals surface area contributed by atoms with Crippen LogP contribution in [0.4, 0.5) is 0 Å². The van der Waals surface area contributed by atoms with E-state index >= 15 is 0 Å². The van der Waals surface area contributed by atoms with Crippen molar-refractivity contribution in [1.82, 2.24) is 0 Å². The van der Waals surface area contributed by atoms with Crippen LogP contribution in [0.5, 0.6) is 0 Å². The van der Waals surface area contributed by atoms with Crippen LogP contribution in [0.1, 0.15) is 17.2 Å². The molecule has 2 aromatic rings. The minimum Gasteiger partial charge on any atom is -0.384 e. The molecule has 0 saturated carbocycles. The highest BCUT2D eigenvalue weighted by atomic mass is 35.5. The van der Waals surface area contributed by atoms with Gasteiger partial charge in [-0.2, -0.15) is 8.42 Å². The molecule has 0 fully saturated rings. The largest absolute Gasteiger partial charge is 0.384 e. The summed E-state index contributed by atoms with van der Waals surface area (Å²) in [6, 6.07) is 8.15. The van der Waals surface area contributed by atoms with Crippen LogP contribution in [-0.2, 0) is 10.1 Å². The second-order valence-corrected chi connectivity index (χ2v) is 6.82. The van der Waals surface area contributed by atoms with Gasteiger partial charge in [0.2, 0.25) is 0 Å². The molecule has 1 atom stereocenters. The summed E-state index contributed by atoms with van der Waals surface area (Å²) >= 11 is 17.9. The molecule has 0 aliphatic rings. The lowest BCUT2D eigenvalue weighted by Gasteiger charge is -2.16. The smallest absolute Gasteiger partial charge is 0.294 e. The summed E-state index contributed by atoms with van der Waals surface area (Å²) in [7, 11) is -4.37. The van der Waals surface area contributed by atoms with Crippen molar-refractivity contribution in [2.45, 2.75) is 11.0 Å². The van der Waals surface area contributed by atoms with E-state index in [-0.39, 0.29) is 31.1 Å². The lowest BCUT2D eigenvalue weighted by Crippen LogP contribution is -2.04. The quantitative estimate of drug-likeness (QED) is 0.636. The highest BCUT2D eigenvalue weighted by molar-refractivity contribution is 7.85. The predicted molar refractivity (Wildman–Crippen MR) is 81.8 cm³/mol. The fraction of sp³-hybridized carbons (Fsp3) is 0.0769. The van der Waals surface area contributed by atoms with Crippen LogP contribution in [0.15, 0.2) is 41.3 Å². The first-order valence-electron chi connectivity index (χ1n) is 5.60. The van der Waals surface area contributed by atoms with Gasteiger partial charge in [0.1, 0.15) is 6.10 Å². The van der Waals surface area contributed by atoms with Crippen molar-refractivity contribution < 1.29 is 18.1 Å². The van der Waals surface area contributed by atoms with Gasteiger partial charge in [0.15, 0.2) is 0 Å². The van der Waals surface area contributed by atoms with Crippen molar-refractivity contribution in [3.8, 4) is 0 Å². The van der Waals surface area contributed by atoms with E-state index in [2.05, 4.69) is 0 Å². The normalized spacial score (nSPS) is 13.2. The molecular weight excluding hydrogens is 359 g/mol. The molecular formula is C13H9Cl3O4S. The summed E-state index contributed by atoms with van der Waals surface area (Å²) in [5.41, 5.74) is 0.370. The first kappa shape index (κ1) is 16.5. The fourth-order valence-corrected chi connectivity index (χ4v) is 3.08. The first-order chi connectivity index (χ1) is 9.71. The minimum atomic E-state index is -4.37. The Morgan fingerprint density at radius 2 is 1.62 bits per heavy atom. The highest BCUT2D eigenvalue weighted by Gasteiger charge is 2.21. The van der Waals surface area contributed by atoms with E-state index in [1.54, 1.807) is 0 Å². The molecule has 0 heterocycles. The lowest BCUT2D eigenvalue weighted by atomic mass is 10.0. The molecule has 1 unspecified atom stereocenters. The number of halogens is 3. The maximum absolute atomic E-state index is 11.1. The molecule has 0 aliphatic carbocycles. The Morgan fingerprint density at radius 1 is 1.00 bits per heavy atom. The van der Waals surface area contributed by atoms with Crippen LogP contribution in [0.2, 0.25) is 15.1 Å². The van der Waals surface area contributed by atoms with Gasteiger partial charge in [-0.1, -0.05) is 46.9 Å². The Balaban J connectivity index is 2.56. The zero-order valence-electron chi connectivity index (χ0n) is 10.3. The van der Waals surface area contributed by atoms with E-state index in [1.165, 1.54) is 30.3 Å². The van der Waals surface area contributed by atoms with Crippen LogP contribution in [-0.4, -0.2) is 18.1 Å². The Bertz CT molecular complexity index is 790. The molecule has 2 rings (SSSR count). The number of aliphatic hydroxyl groups excluding tert-OH is 1. The highest BCUT2D eigenvalue weighted by Crippen LogP contribution is 2.38. The topological polar surface area (TPSA) is 74.6 Å². The second kappa shape index (κ2) is 6.12. The molecule has 0 aliphatic heterocycles. The molecule has 0 amide bonds. The first-order valence-corrected chi connectivity index (χ1v) is 8.18. The fourth-order valence-electron chi connectivity index (χ4n) is 1.81. The van der Waals surface area contributed by atoms with Gasteiger partial charge in [0.25, 0.3) is 10.1 Å². The maximum atomic E-state index is 11.1. The van der Waals surface area contributed by atoms with Gasteiger partial charge in [-0.05, 0) is 29.8 Å². The molecule has 21 heavy (non-hydrogen) atoms. The van der Waals surface area contributed by atoms with Crippen LogP contribution in [0.3, 0.4) is 0 Å². The standard InChI is InChI=1S/C13H9Cl3O4S/c14-9-4-5-10(15)12(16)11(9)13(17)7-2-1-3-8(6-7)21(18,19)20/h1-6,13,17H,(H,18,19,20). The summed E-state index contributed by atoms with van der Waals surface area (Å²) in [6.45, 7) is 0. The van der Waals surface area contributed by atoms with Gasteiger partial charge in [0, 0.05) is 10.6 Å². The van der Waals surface area contributed by atoms with Crippen molar-refractivity contribution in [1.29, 1.82) is 0 Å². The van der Waals surface area contributed by atoms with Crippen molar-refractivity contribution in [3.05, 3.63) is 62.6 Å². The summed E-state index contributed by atoms with van der Waals surface area (Å²) in [4.78, 5) is -0.340. The van der Waals surface area contributed by atoms with Gasteiger partial charge in [-0.15, -0.1) is 0 Å². The Morgan fingerprint density at radius 3 is 2.24 bits per heavy atom. The van der Waals surface area contributed by atoms with E-state index in [4.69, 9.17) is 39.4 Å². The van der Waals surface area contributed by atoms with Crippen molar-refractivity contribution >= 4 is 44.9 Å². The van der Waals surface area contributed by atoms with Gasteiger partial charge >= 0.3 is 0 Å². The van der Waals surface area contributed by atoms with Crippen molar-refractivity contribution in [2.24, 2.45) is 0 Å². The third-order valence-corrected chi connectivity index (χ3v) is 4.82. The molecule has 0 saturated heterocycles. The summed E-state index contributed by atoms with van der Waals surface area (Å²) in [6.07, 6.45) is -1.29. The predicted octanol–water partition coefficient (Wildman–Crippen LogP) is 3.98. The number of hydrogen-bond donors (Lipinski definition) is 2. The van der Waals surface area contributed by atoms with Crippen LogP contribution in [0, 0.1) is 0 Å². The van der Waals surface area contributed by atoms with E-state index in [9.17, 15) is 13.5 Å². The van der Waals surface area contributed by atoms with Crippen molar-refractivity contribution in [2.75, 3.05) is 0 Å². The van der Waals surface area contributed by atoms with Crippen molar-refractivity contribution in [3.63, 3.8) is 0 Å². The number of rotatable bonds is 3. The SMILES string of the molecule is O=S(=O)(O)c1cccc(C(O)c2c(Cl)ccc(Cl)c2Cl)c1. The molecule has 4 nitrogen and oxygen atoms in total. The third kappa shape index (κ3) is 3.51. The average molecular weight is 368 g/mol. The number of hydrogen-bond acceptors (Lipinski definition) is 3. The lowest BCUT2D eigenvalue weighted by molar-refractivity contribution is 0.220. The van der Waals surface area contributed by atoms with E-state index in [0.717, 1.165) is 6.07 Å². The Labute approximate surface area is 136 Å². The molecule has 0 bridgehead atoms. The molecule has 0 spiro atoms. The van der Waals surface area contributed by atoms with E-state index in [1.807, 2.05) is 0 Å². The van der Waals surface area contributed by atoms with Gasteiger partial charge in [-0.3, -0.25) is 4.55 Å². The van der Waals surface area contributed by atoms with Gasteiger partial charge in [-0.25, -0.2) is 0 Å². The second-order valence-electron chi connectivity index (χ2n) is 4.21. The zero-order chi connectivity index (χ0) is 15.8. The molecule has 112 valence electrons. The van der Waals surface area contributed by atoms with Crippen LogP contribution in [0.25, 0.3) is 0 Å². The zero-order valence-corrected chi connectivity index (χ0v) is 13.4. The van der Waals surface area contributed by atoms with E-state index in [0.29, 0.717) is 0 Å². The third-order valence-electron chi connectivity index (χ3n) is 2.82.